The van der Waals surface area contributed by atoms with Crippen LogP contribution in [0.2, 0.25) is 0 Å². The molecule has 4 rings (SSSR count). The van der Waals surface area contributed by atoms with Crippen LogP contribution >= 0.6 is 31.9 Å². The van der Waals surface area contributed by atoms with Gasteiger partial charge < -0.3 is 13.9 Å². The van der Waals surface area contributed by atoms with Crippen LogP contribution in [0.5, 0.6) is 17.2 Å². The highest BCUT2D eigenvalue weighted by Crippen LogP contribution is 2.29. The summed E-state index contributed by atoms with van der Waals surface area (Å²) in [5, 5.41) is 0.430. The molecule has 0 aliphatic rings. The lowest BCUT2D eigenvalue weighted by molar-refractivity contribution is 0.306. The third-order valence-corrected chi connectivity index (χ3v) is 5.21. The van der Waals surface area contributed by atoms with E-state index in [9.17, 15) is 4.79 Å². The Kier molecular flexibility index (Phi) is 5.50. The van der Waals surface area contributed by atoms with Gasteiger partial charge in [0.05, 0.1) is 9.86 Å². The van der Waals surface area contributed by atoms with E-state index in [-0.39, 0.29) is 11.2 Å². The predicted octanol–water partition coefficient (Wildman–Crippen LogP) is 6.69. The molecule has 0 atom stereocenters. The van der Waals surface area contributed by atoms with Gasteiger partial charge in [-0.2, -0.15) is 0 Å². The van der Waals surface area contributed by atoms with E-state index >= 15 is 0 Å². The lowest BCUT2D eigenvalue weighted by Gasteiger charge is -2.09. The Balaban J connectivity index is 1.57. The molecule has 0 saturated carbocycles. The van der Waals surface area contributed by atoms with Gasteiger partial charge in [0.2, 0.25) is 11.2 Å². The second kappa shape index (κ2) is 8.20. The maximum absolute atomic E-state index is 12.7. The highest BCUT2D eigenvalue weighted by atomic mass is 79.9. The van der Waals surface area contributed by atoms with E-state index in [0.29, 0.717) is 29.1 Å². The van der Waals surface area contributed by atoms with Gasteiger partial charge in [0.1, 0.15) is 30.0 Å². The number of benzene rings is 3. The van der Waals surface area contributed by atoms with Crippen molar-refractivity contribution in [3.8, 4) is 17.2 Å². The summed E-state index contributed by atoms with van der Waals surface area (Å²) in [5.74, 6) is 1.29. The van der Waals surface area contributed by atoms with Crippen LogP contribution in [0.15, 0.2) is 91.2 Å². The van der Waals surface area contributed by atoms with Gasteiger partial charge in [-0.15, -0.1) is 0 Å². The van der Waals surface area contributed by atoms with Crippen molar-refractivity contribution in [2.75, 3.05) is 0 Å². The van der Waals surface area contributed by atoms with Crippen LogP contribution in [0.4, 0.5) is 0 Å². The van der Waals surface area contributed by atoms with Gasteiger partial charge in [-0.05, 0) is 57.9 Å². The van der Waals surface area contributed by atoms with Crippen molar-refractivity contribution in [1.82, 2.24) is 0 Å². The number of para-hydroxylation sites is 1. The summed E-state index contributed by atoms with van der Waals surface area (Å²) in [5.41, 5.74) is 1.24. The fraction of sp³-hybridized carbons (Fsp3) is 0.0455. The third-order valence-electron chi connectivity index (χ3n) is 4.07. The Morgan fingerprint density at radius 3 is 2.57 bits per heavy atom. The van der Waals surface area contributed by atoms with E-state index in [1.54, 1.807) is 24.3 Å². The van der Waals surface area contributed by atoms with E-state index in [2.05, 4.69) is 31.9 Å². The molecule has 0 N–H and O–H groups in total. The molecule has 0 aliphatic heterocycles. The minimum Gasteiger partial charge on any atom is -0.489 e. The normalized spacial score (nSPS) is 10.8. The summed E-state index contributed by atoms with van der Waals surface area (Å²) in [6, 6.07) is 20.3. The minimum absolute atomic E-state index is 0.127. The standard InChI is InChI=1S/C22H14Br2O4/c23-15-5-3-4-14(10-15)12-26-16-8-9-17-20(11-16)27-13-21(22(17)25)28-19-7-2-1-6-18(19)24/h1-11,13H,12H2. The number of hydrogen-bond acceptors (Lipinski definition) is 4. The van der Waals surface area contributed by atoms with E-state index in [1.807, 2.05) is 42.5 Å². The van der Waals surface area contributed by atoms with Gasteiger partial charge in [-0.3, -0.25) is 4.79 Å². The van der Waals surface area contributed by atoms with Crippen molar-refractivity contribution < 1.29 is 13.9 Å². The number of halogens is 2. The van der Waals surface area contributed by atoms with Crippen LogP contribution in [-0.2, 0) is 6.61 Å². The largest absolute Gasteiger partial charge is 0.489 e. The summed E-state index contributed by atoms with van der Waals surface area (Å²) in [4.78, 5) is 12.7. The molecule has 0 spiro atoms. The van der Waals surface area contributed by atoms with E-state index in [1.165, 1.54) is 6.26 Å². The van der Waals surface area contributed by atoms with Crippen LogP contribution < -0.4 is 14.9 Å². The summed E-state index contributed by atoms with van der Waals surface area (Å²) < 4.78 is 18.9. The van der Waals surface area contributed by atoms with Gasteiger partial charge in [0, 0.05) is 10.5 Å². The Labute approximate surface area is 178 Å². The second-order valence-electron chi connectivity index (χ2n) is 6.04. The predicted molar refractivity (Wildman–Crippen MR) is 115 cm³/mol. The van der Waals surface area contributed by atoms with Crippen molar-refractivity contribution in [2.45, 2.75) is 6.61 Å². The van der Waals surface area contributed by atoms with Crippen LogP contribution in [0.3, 0.4) is 0 Å². The van der Waals surface area contributed by atoms with Gasteiger partial charge >= 0.3 is 0 Å². The molecule has 0 saturated heterocycles. The molecule has 0 unspecified atom stereocenters. The van der Waals surface area contributed by atoms with Crippen molar-refractivity contribution in [2.24, 2.45) is 0 Å². The molecule has 6 heteroatoms. The number of ether oxygens (including phenoxy) is 2. The Morgan fingerprint density at radius 2 is 1.75 bits per heavy atom. The maximum Gasteiger partial charge on any atom is 0.235 e. The van der Waals surface area contributed by atoms with Crippen LogP contribution in [0.25, 0.3) is 11.0 Å². The van der Waals surface area contributed by atoms with Crippen molar-refractivity contribution in [3.63, 3.8) is 0 Å². The van der Waals surface area contributed by atoms with Gasteiger partial charge in [-0.25, -0.2) is 0 Å². The quantitative estimate of drug-likeness (QED) is 0.305. The zero-order valence-electron chi connectivity index (χ0n) is 14.5. The zero-order chi connectivity index (χ0) is 19.5. The minimum atomic E-state index is -0.240. The molecule has 28 heavy (non-hydrogen) atoms. The Morgan fingerprint density at radius 1 is 0.893 bits per heavy atom. The molecule has 4 aromatic rings. The molecule has 1 heterocycles. The maximum atomic E-state index is 12.7. The molecular weight excluding hydrogens is 488 g/mol. The summed E-state index contributed by atoms with van der Waals surface area (Å²) >= 11 is 6.84. The zero-order valence-corrected chi connectivity index (χ0v) is 17.7. The molecule has 1 aromatic heterocycles. The summed E-state index contributed by atoms with van der Waals surface area (Å²) in [6.07, 6.45) is 1.32. The van der Waals surface area contributed by atoms with E-state index in [4.69, 9.17) is 13.9 Å². The Bertz CT molecular complexity index is 1200. The smallest absolute Gasteiger partial charge is 0.235 e. The number of hydrogen-bond donors (Lipinski definition) is 0. The van der Waals surface area contributed by atoms with Gasteiger partial charge in [0.15, 0.2) is 0 Å². The molecule has 4 nitrogen and oxygen atoms in total. The second-order valence-corrected chi connectivity index (χ2v) is 7.81. The molecule has 0 aliphatic carbocycles. The topological polar surface area (TPSA) is 48.7 Å². The van der Waals surface area contributed by atoms with Crippen molar-refractivity contribution >= 4 is 42.8 Å². The molecule has 0 bridgehead atoms. The summed E-state index contributed by atoms with van der Waals surface area (Å²) in [7, 11) is 0. The first-order valence-electron chi connectivity index (χ1n) is 8.45. The average Bonchev–Trinajstić information content (AvgIpc) is 2.70. The molecule has 0 amide bonds. The fourth-order valence-electron chi connectivity index (χ4n) is 2.69. The van der Waals surface area contributed by atoms with E-state index < -0.39 is 0 Å². The van der Waals surface area contributed by atoms with Gasteiger partial charge in [0.25, 0.3) is 0 Å². The lowest BCUT2D eigenvalue weighted by atomic mass is 10.2. The molecular formula is C22H14Br2O4. The SMILES string of the molecule is O=c1c(Oc2ccccc2Br)coc2cc(OCc3cccc(Br)c3)ccc12. The molecule has 0 radical (unpaired) electrons. The number of rotatable bonds is 5. The van der Waals surface area contributed by atoms with Crippen LogP contribution in [0, 0.1) is 0 Å². The average molecular weight is 502 g/mol. The Hall–Kier alpha value is -2.57. The first-order valence-corrected chi connectivity index (χ1v) is 10.0. The molecule has 0 fully saturated rings. The number of fused-ring (bicyclic) bond motifs is 1. The third kappa shape index (κ3) is 4.13. The highest BCUT2D eigenvalue weighted by molar-refractivity contribution is 9.10. The molecule has 140 valence electrons. The molecule has 3 aromatic carbocycles. The summed E-state index contributed by atoms with van der Waals surface area (Å²) in [6.45, 7) is 0.415. The lowest BCUT2D eigenvalue weighted by Crippen LogP contribution is -2.05. The first-order chi connectivity index (χ1) is 13.6. The fourth-order valence-corrected chi connectivity index (χ4v) is 3.50. The van der Waals surface area contributed by atoms with Gasteiger partial charge in [-0.1, -0.05) is 40.2 Å². The van der Waals surface area contributed by atoms with Crippen LogP contribution in [0.1, 0.15) is 5.56 Å². The monoisotopic (exact) mass is 500 g/mol. The van der Waals surface area contributed by atoms with Crippen molar-refractivity contribution in [1.29, 1.82) is 0 Å². The first kappa shape index (κ1) is 18.8. The van der Waals surface area contributed by atoms with Crippen molar-refractivity contribution in [3.05, 3.63) is 97.7 Å². The van der Waals surface area contributed by atoms with E-state index in [0.717, 1.165) is 14.5 Å². The highest BCUT2D eigenvalue weighted by Gasteiger charge is 2.11. The van der Waals surface area contributed by atoms with Crippen LogP contribution in [-0.4, -0.2) is 0 Å².